The zero-order chi connectivity index (χ0) is 12.0. The maximum absolute atomic E-state index is 12.3. The first-order valence-corrected chi connectivity index (χ1v) is 6.89. The third kappa shape index (κ3) is 1.98. The van der Waals surface area contributed by atoms with E-state index in [0.717, 1.165) is 30.3 Å². The summed E-state index contributed by atoms with van der Waals surface area (Å²) in [5, 5.41) is 0. The average Bonchev–Trinajstić information content (AvgIpc) is 3.01. The molecule has 1 aliphatic carbocycles. The molecule has 1 aromatic rings. The van der Waals surface area contributed by atoms with Crippen LogP contribution in [-0.4, -0.2) is 31.2 Å². The number of carbonyl (C=O) groups is 1. The second-order valence-corrected chi connectivity index (χ2v) is 6.33. The average molecular weight is 292 g/mol. The van der Waals surface area contributed by atoms with Gasteiger partial charge >= 0.3 is 0 Å². The Morgan fingerprint density at radius 3 is 2.82 bits per heavy atom. The largest absolute Gasteiger partial charge is 0.339 e. The fourth-order valence-electron chi connectivity index (χ4n) is 2.91. The summed E-state index contributed by atoms with van der Waals surface area (Å²) in [4.78, 5) is 14.6. The molecule has 1 heterocycles. The van der Waals surface area contributed by atoms with E-state index in [1.54, 1.807) is 0 Å². The number of nitrogens with zero attached hydrogens (tertiary/aromatic N) is 1. The van der Waals surface area contributed by atoms with Crippen molar-refractivity contribution in [3.8, 4) is 0 Å². The lowest BCUT2D eigenvalue weighted by Gasteiger charge is -2.18. The van der Waals surface area contributed by atoms with Gasteiger partial charge in [0.1, 0.15) is 0 Å². The smallest absolute Gasteiger partial charge is 0.186 e. The Hall–Kier alpha value is -0.605. The van der Waals surface area contributed by atoms with Gasteiger partial charge in [-0.1, -0.05) is 28.1 Å². The van der Waals surface area contributed by atoms with Crippen molar-refractivity contribution in [2.24, 2.45) is 5.41 Å². The lowest BCUT2D eigenvalue weighted by Crippen LogP contribution is -2.33. The van der Waals surface area contributed by atoms with E-state index in [-0.39, 0.29) is 11.5 Å². The van der Waals surface area contributed by atoms with Crippen LogP contribution in [0.5, 0.6) is 0 Å². The molecule has 0 radical (unpaired) electrons. The minimum atomic E-state index is 0.0471. The van der Waals surface area contributed by atoms with E-state index in [1.807, 2.05) is 12.1 Å². The first kappa shape index (κ1) is 11.5. The van der Waals surface area contributed by atoms with Crippen LogP contribution in [0.15, 0.2) is 28.7 Å². The maximum atomic E-state index is 12.3. The Morgan fingerprint density at radius 1 is 1.47 bits per heavy atom. The van der Waals surface area contributed by atoms with Gasteiger partial charge in [0.25, 0.3) is 0 Å². The van der Waals surface area contributed by atoms with Crippen molar-refractivity contribution in [1.29, 1.82) is 0 Å². The van der Waals surface area contributed by atoms with E-state index in [9.17, 15) is 4.79 Å². The molecular formula is C13H15BBrNO. The van der Waals surface area contributed by atoms with Gasteiger partial charge in [-0.15, -0.1) is 0 Å². The van der Waals surface area contributed by atoms with Crippen molar-refractivity contribution in [2.45, 2.75) is 25.3 Å². The van der Waals surface area contributed by atoms with Crippen molar-refractivity contribution in [3.63, 3.8) is 0 Å². The lowest BCUT2D eigenvalue weighted by molar-refractivity contribution is -0.123. The maximum Gasteiger partial charge on any atom is 0.186 e. The molecule has 17 heavy (non-hydrogen) atoms. The Labute approximate surface area is 111 Å². The molecule has 1 saturated carbocycles. The standard InChI is InChI=1S/C13H15BBrNO/c14-16-8-13(4-5-13)12(17)11(16)7-9-2-1-3-10(15)6-9/h1-3,6,11H,4-5,7-8,14H2. The summed E-state index contributed by atoms with van der Waals surface area (Å²) in [6, 6.07) is 8.35. The van der Waals surface area contributed by atoms with E-state index in [0.29, 0.717) is 5.78 Å². The fourth-order valence-corrected chi connectivity index (χ4v) is 3.36. The highest BCUT2D eigenvalue weighted by Gasteiger charge is 2.57. The number of rotatable bonds is 2. The van der Waals surface area contributed by atoms with Gasteiger partial charge in [0.05, 0.1) is 6.04 Å². The molecule has 3 rings (SSSR count). The van der Waals surface area contributed by atoms with Gasteiger partial charge in [-0.2, -0.15) is 0 Å². The van der Waals surface area contributed by atoms with Gasteiger partial charge < -0.3 is 4.81 Å². The summed E-state index contributed by atoms with van der Waals surface area (Å²) in [5.41, 5.74) is 1.29. The fraction of sp³-hybridized carbons (Fsp3) is 0.462. The topological polar surface area (TPSA) is 20.3 Å². The SMILES string of the molecule is BN1CC2(CC2)C(=O)C1Cc1cccc(Br)c1. The predicted molar refractivity (Wildman–Crippen MR) is 73.6 cm³/mol. The molecule has 1 aromatic carbocycles. The van der Waals surface area contributed by atoms with E-state index >= 15 is 0 Å². The molecule has 1 atom stereocenters. The number of benzene rings is 1. The first-order valence-electron chi connectivity index (χ1n) is 6.10. The van der Waals surface area contributed by atoms with E-state index in [4.69, 9.17) is 0 Å². The van der Waals surface area contributed by atoms with Gasteiger partial charge in [0.15, 0.2) is 13.8 Å². The quantitative estimate of drug-likeness (QED) is 0.771. The normalized spacial score (nSPS) is 26.6. The summed E-state index contributed by atoms with van der Waals surface area (Å²) < 4.78 is 1.09. The van der Waals surface area contributed by atoms with Crippen LogP contribution in [0.1, 0.15) is 18.4 Å². The molecule has 0 N–H and O–H groups in total. The molecule has 2 aliphatic rings. The number of ketones is 1. The van der Waals surface area contributed by atoms with Crippen LogP contribution in [0.2, 0.25) is 0 Å². The van der Waals surface area contributed by atoms with Gasteiger partial charge in [-0.3, -0.25) is 4.79 Å². The minimum Gasteiger partial charge on any atom is -0.339 e. The van der Waals surface area contributed by atoms with Crippen molar-refractivity contribution in [2.75, 3.05) is 6.54 Å². The second-order valence-electron chi connectivity index (χ2n) is 5.41. The van der Waals surface area contributed by atoms with Gasteiger partial charge in [0, 0.05) is 16.4 Å². The molecular weight excluding hydrogens is 277 g/mol. The molecule has 1 aliphatic heterocycles. The highest BCUT2D eigenvalue weighted by molar-refractivity contribution is 9.10. The summed E-state index contributed by atoms with van der Waals surface area (Å²) in [7, 11) is 2.08. The van der Waals surface area contributed by atoms with Crippen LogP contribution in [-0.2, 0) is 11.2 Å². The number of carbonyl (C=O) groups excluding carboxylic acids is 1. The van der Waals surface area contributed by atoms with Crippen LogP contribution in [0.25, 0.3) is 0 Å². The van der Waals surface area contributed by atoms with Crippen LogP contribution < -0.4 is 0 Å². The molecule has 0 aromatic heterocycles. The lowest BCUT2D eigenvalue weighted by atomic mass is 9.96. The van der Waals surface area contributed by atoms with Crippen LogP contribution in [0.3, 0.4) is 0 Å². The molecule has 4 heteroatoms. The van der Waals surface area contributed by atoms with Gasteiger partial charge in [-0.05, 0) is 37.0 Å². The predicted octanol–water partition coefficient (Wildman–Crippen LogP) is 1.57. The highest BCUT2D eigenvalue weighted by Crippen LogP contribution is 2.52. The zero-order valence-corrected chi connectivity index (χ0v) is 11.5. The number of hydrogen-bond donors (Lipinski definition) is 0. The van der Waals surface area contributed by atoms with Gasteiger partial charge in [-0.25, -0.2) is 0 Å². The van der Waals surface area contributed by atoms with Crippen molar-refractivity contribution in [1.82, 2.24) is 4.81 Å². The number of halogens is 1. The Bertz CT molecular complexity index is 472. The molecule has 2 nitrogen and oxygen atoms in total. The molecule has 1 spiro atoms. The van der Waals surface area contributed by atoms with Gasteiger partial charge in [0.2, 0.25) is 0 Å². The number of hydrogen-bond acceptors (Lipinski definition) is 2. The third-order valence-corrected chi connectivity index (χ3v) is 4.57. The Balaban J connectivity index is 1.79. The molecule has 0 bridgehead atoms. The van der Waals surface area contributed by atoms with Crippen molar-refractivity contribution >= 4 is 29.7 Å². The Kier molecular flexibility index (Phi) is 2.67. The number of Topliss-reactive ketones (excluding diaryl/α,β-unsaturated/α-hetero) is 1. The van der Waals surface area contributed by atoms with Crippen LogP contribution in [0, 0.1) is 5.41 Å². The van der Waals surface area contributed by atoms with E-state index in [2.05, 4.69) is 40.9 Å². The van der Waals surface area contributed by atoms with Crippen molar-refractivity contribution in [3.05, 3.63) is 34.3 Å². The molecule has 1 unspecified atom stereocenters. The van der Waals surface area contributed by atoms with Crippen molar-refractivity contribution < 1.29 is 4.79 Å². The monoisotopic (exact) mass is 291 g/mol. The summed E-state index contributed by atoms with van der Waals surface area (Å²) in [5.74, 6) is 0.472. The van der Waals surface area contributed by atoms with Crippen LogP contribution >= 0.6 is 15.9 Å². The molecule has 2 fully saturated rings. The second kappa shape index (κ2) is 3.96. The van der Waals surface area contributed by atoms with E-state index < -0.39 is 0 Å². The highest BCUT2D eigenvalue weighted by atomic mass is 79.9. The Morgan fingerprint density at radius 2 is 2.24 bits per heavy atom. The summed E-state index contributed by atoms with van der Waals surface area (Å²) in [6.07, 6.45) is 3.05. The van der Waals surface area contributed by atoms with E-state index in [1.165, 1.54) is 5.56 Å². The summed E-state index contributed by atoms with van der Waals surface area (Å²) in [6.45, 7) is 0.963. The molecule has 0 amide bonds. The third-order valence-electron chi connectivity index (χ3n) is 4.08. The molecule has 1 saturated heterocycles. The minimum absolute atomic E-state index is 0.0471. The first-order chi connectivity index (χ1) is 8.11. The molecule has 88 valence electrons. The zero-order valence-electron chi connectivity index (χ0n) is 9.95. The van der Waals surface area contributed by atoms with Crippen LogP contribution in [0.4, 0.5) is 0 Å². The summed E-state index contributed by atoms with van der Waals surface area (Å²) >= 11 is 3.48.